The minimum Gasteiger partial charge on any atom is -0.481 e. The summed E-state index contributed by atoms with van der Waals surface area (Å²) in [6, 6.07) is 0. The van der Waals surface area contributed by atoms with E-state index in [4.69, 9.17) is 0 Å². The number of rotatable bonds is 5. The monoisotopic (exact) mass is 476 g/mol. The van der Waals surface area contributed by atoms with Crippen LogP contribution in [0.2, 0.25) is 0 Å². The highest BCUT2D eigenvalue weighted by Crippen LogP contribution is 2.74. The van der Waals surface area contributed by atoms with Gasteiger partial charge in [-0.3, -0.25) is 4.79 Å². The number of carboxylic acid groups (broad SMARTS) is 1. The van der Waals surface area contributed by atoms with E-state index in [1.807, 2.05) is 13.8 Å². The van der Waals surface area contributed by atoms with Gasteiger partial charge in [0.05, 0.1) is 24.2 Å². The Morgan fingerprint density at radius 2 is 1.65 bits per heavy atom. The lowest BCUT2D eigenvalue weighted by molar-refractivity contribution is -0.240. The first kappa shape index (κ1) is 26.2. The van der Waals surface area contributed by atoms with Gasteiger partial charge in [0.15, 0.2) is 0 Å². The fraction of sp³-hybridized carbons (Fsp3) is 0.897. The van der Waals surface area contributed by atoms with Crippen molar-refractivity contribution in [3.05, 3.63) is 11.6 Å². The number of aliphatic hydroxyl groups excluding tert-OH is 3. The van der Waals surface area contributed by atoms with Gasteiger partial charge in [-0.25, -0.2) is 0 Å². The Balaban J connectivity index is 1.69. The summed E-state index contributed by atoms with van der Waals surface area (Å²) in [5, 5.41) is 43.9. The minimum atomic E-state index is -0.817. The van der Waals surface area contributed by atoms with E-state index in [9.17, 15) is 25.2 Å². The van der Waals surface area contributed by atoms with Crippen molar-refractivity contribution in [3.8, 4) is 0 Å². The smallest absolute Gasteiger partial charge is 0.306 e. The van der Waals surface area contributed by atoms with Gasteiger partial charge < -0.3 is 20.4 Å². The van der Waals surface area contributed by atoms with Gasteiger partial charge in [0.1, 0.15) is 0 Å². The molecule has 5 heteroatoms. The molecule has 12 atom stereocenters. The number of aliphatic carboxylic acids is 1. The van der Waals surface area contributed by atoms with E-state index in [0.717, 1.165) is 25.7 Å². The molecule has 0 radical (unpaired) electrons. The summed E-state index contributed by atoms with van der Waals surface area (Å²) in [6.07, 6.45) is 6.80. The molecule has 34 heavy (non-hydrogen) atoms. The average Bonchev–Trinajstić information content (AvgIpc) is 2.99. The molecular formula is C29H48O5. The quantitative estimate of drug-likeness (QED) is 0.417. The molecule has 0 aromatic carbocycles. The molecule has 4 saturated carbocycles. The molecule has 0 heterocycles. The number of fused-ring (bicyclic) bond motifs is 5. The van der Waals surface area contributed by atoms with Gasteiger partial charge >= 0.3 is 5.97 Å². The SMILES string of the molecule is CC(C)=CCC[C@H](C(=O)O)[C@@H]1C2CC(O)[C@@H]3C(C)(CCC4C(C)C(O)CC[C@@]43C)[C@@]2(C)C[C@@H]1O. The van der Waals surface area contributed by atoms with E-state index in [1.165, 1.54) is 5.57 Å². The molecule has 4 aliphatic rings. The van der Waals surface area contributed by atoms with E-state index in [1.54, 1.807) is 0 Å². The third kappa shape index (κ3) is 3.71. The molecule has 194 valence electrons. The van der Waals surface area contributed by atoms with Crippen molar-refractivity contribution in [1.82, 2.24) is 0 Å². The zero-order valence-electron chi connectivity index (χ0n) is 22.1. The first-order valence-electron chi connectivity index (χ1n) is 13.7. The van der Waals surface area contributed by atoms with E-state index >= 15 is 0 Å². The van der Waals surface area contributed by atoms with Crippen molar-refractivity contribution in [3.63, 3.8) is 0 Å². The molecule has 0 aliphatic heterocycles. The summed E-state index contributed by atoms with van der Waals surface area (Å²) in [5.74, 6) is -1.01. The Morgan fingerprint density at radius 1 is 0.971 bits per heavy atom. The van der Waals surface area contributed by atoms with Crippen LogP contribution >= 0.6 is 0 Å². The molecule has 0 aromatic rings. The molecule has 0 aromatic heterocycles. The van der Waals surface area contributed by atoms with Gasteiger partial charge in [0, 0.05) is 5.92 Å². The van der Waals surface area contributed by atoms with Crippen LogP contribution in [0.3, 0.4) is 0 Å². The number of allylic oxidation sites excluding steroid dienone is 2. The van der Waals surface area contributed by atoms with Crippen LogP contribution in [-0.4, -0.2) is 44.7 Å². The molecular weight excluding hydrogens is 428 g/mol. The second-order valence-electron chi connectivity index (χ2n) is 13.5. The summed E-state index contributed by atoms with van der Waals surface area (Å²) in [6.45, 7) is 13.2. The van der Waals surface area contributed by atoms with Crippen LogP contribution in [0.1, 0.15) is 92.9 Å². The maximum Gasteiger partial charge on any atom is 0.306 e. The minimum absolute atomic E-state index is 0.00157. The summed E-state index contributed by atoms with van der Waals surface area (Å²) in [7, 11) is 0. The molecule has 4 rings (SSSR count). The second-order valence-corrected chi connectivity index (χ2v) is 13.5. The van der Waals surface area contributed by atoms with Crippen molar-refractivity contribution in [2.75, 3.05) is 0 Å². The molecule has 0 spiro atoms. The number of hydrogen-bond acceptors (Lipinski definition) is 4. The summed E-state index contributed by atoms with van der Waals surface area (Å²) in [4.78, 5) is 12.4. The normalized spacial score (nSPS) is 51.1. The lowest BCUT2D eigenvalue weighted by Crippen LogP contribution is -2.66. The predicted octanol–water partition coefficient (Wildman–Crippen LogP) is 5.03. The van der Waals surface area contributed by atoms with Gasteiger partial charge in [0.2, 0.25) is 0 Å². The van der Waals surface area contributed by atoms with Gasteiger partial charge in [-0.15, -0.1) is 0 Å². The lowest BCUT2D eigenvalue weighted by Gasteiger charge is -2.69. The highest BCUT2D eigenvalue weighted by Gasteiger charge is 2.71. The van der Waals surface area contributed by atoms with E-state index < -0.39 is 24.1 Å². The molecule has 5 nitrogen and oxygen atoms in total. The summed E-state index contributed by atoms with van der Waals surface area (Å²) < 4.78 is 0. The van der Waals surface area contributed by atoms with Gasteiger partial charge in [0.25, 0.3) is 0 Å². The molecule has 0 amide bonds. The highest BCUT2D eigenvalue weighted by atomic mass is 16.4. The average molecular weight is 477 g/mol. The number of hydrogen-bond donors (Lipinski definition) is 4. The molecule has 4 aliphatic carbocycles. The van der Waals surface area contributed by atoms with Crippen molar-refractivity contribution in [2.24, 2.45) is 51.8 Å². The standard InChI is InChI=1S/C29H48O5/c1-16(2)8-7-9-18(26(33)34)24-20-14-22(31)25-27(4)12-11-21(30)17(3)19(27)10-13-28(25,5)29(20,6)15-23(24)32/h8,17-25,30-32H,7,9-15H2,1-6H3,(H,33,34)/t17?,18-,19?,20?,21?,22?,23-,24+,25-,27-,28?,29-/m0/s1. The highest BCUT2D eigenvalue weighted by molar-refractivity contribution is 5.70. The lowest BCUT2D eigenvalue weighted by atomic mass is 9.36. The topological polar surface area (TPSA) is 98.0 Å². The van der Waals surface area contributed by atoms with E-state index in [-0.39, 0.29) is 46.0 Å². The van der Waals surface area contributed by atoms with E-state index in [0.29, 0.717) is 31.6 Å². The van der Waals surface area contributed by atoms with E-state index in [2.05, 4.69) is 33.8 Å². The predicted molar refractivity (Wildman–Crippen MR) is 133 cm³/mol. The molecule has 4 fully saturated rings. The summed E-state index contributed by atoms with van der Waals surface area (Å²) >= 11 is 0. The zero-order valence-corrected chi connectivity index (χ0v) is 22.1. The Morgan fingerprint density at radius 3 is 2.26 bits per heavy atom. The fourth-order valence-corrected chi connectivity index (χ4v) is 10.1. The number of carbonyl (C=O) groups is 1. The van der Waals surface area contributed by atoms with Crippen molar-refractivity contribution in [2.45, 2.75) is 111 Å². The maximum atomic E-state index is 12.4. The molecule has 0 saturated heterocycles. The summed E-state index contributed by atoms with van der Waals surface area (Å²) in [5.41, 5.74) is 0.763. The van der Waals surface area contributed by atoms with Crippen LogP contribution in [0.5, 0.6) is 0 Å². The Labute approximate surface area is 206 Å². The Kier molecular flexibility index (Phi) is 6.84. The van der Waals surface area contributed by atoms with Gasteiger partial charge in [-0.05, 0) is 105 Å². The van der Waals surface area contributed by atoms with Crippen molar-refractivity contribution in [1.29, 1.82) is 0 Å². The maximum absolute atomic E-state index is 12.4. The first-order chi connectivity index (χ1) is 15.8. The number of carboxylic acids is 1. The zero-order chi connectivity index (χ0) is 25.2. The largest absolute Gasteiger partial charge is 0.481 e. The third-order valence-electron chi connectivity index (χ3n) is 11.8. The Hall–Kier alpha value is -0.910. The number of aliphatic hydroxyl groups is 3. The van der Waals surface area contributed by atoms with Crippen LogP contribution < -0.4 is 0 Å². The van der Waals surface area contributed by atoms with Gasteiger partial charge in [-0.2, -0.15) is 0 Å². The van der Waals surface area contributed by atoms with Gasteiger partial charge in [-0.1, -0.05) is 39.3 Å². The third-order valence-corrected chi connectivity index (χ3v) is 11.8. The first-order valence-corrected chi connectivity index (χ1v) is 13.7. The van der Waals surface area contributed by atoms with Crippen LogP contribution in [0, 0.1) is 51.8 Å². The van der Waals surface area contributed by atoms with Crippen molar-refractivity contribution < 1.29 is 25.2 Å². The molecule has 4 N–H and O–H groups in total. The fourth-order valence-electron chi connectivity index (χ4n) is 10.1. The van der Waals surface area contributed by atoms with Crippen molar-refractivity contribution >= 4 is 5.97 Å². The Bertz CT molecular complexity index is 819. The van der Waals surface area contributed by atoms with Crippen LogP contribution in [0.15, 0.2) is 11.6 Å². The molecule has 0 bridgehead atoms. The molecule has 6 unspecified atom stereocenters. The van der Waals surface area contributed by atoms with Crippen LogP contribution in [0.25, 0.3) is 0 Å². The van der Waals surface area contributed by atoms with Crippen LogP contribution in [0.4, 0.5) is 0 Å². The second kappa shape index (κ2) is 8.88. The van der Waals surface area contributed by atoms with Crippen LogP contribution in [-0.2, 0) is 4.79 Å².